The van der Waals surface area contributed by atoms with Gasteiger partial charge >= 0.3 is 0 Å². The van der Waals surface area contributed by atoms with E-state index < -0.39 is 0 Å². The Morgan fingerprint density at radius 1 is 1.38 bits per heavy atom. The molecule has 0 fully saturated rings. The van der Waals surface area contributed by atoms with Gasteiger partial charge in [-0.15, -0.1) is 0 Å². The normalized spacial score (nSPS) is 9.85. The molecule has 64 valence electrons. The molecular weight excluding hydrogens is 162 g/mol. The van der Waals surface area contributed by atoms with Gasteiger partial charge in [-0.25, -0.2) is 0 Å². The number of nitrogens with zero attached hydrogens (tertiary/aromatic N) is 1. The third-order valence-corrected chi connectivity index (χ3v) is 1.71. The summed E-state index contributed by atoms with van der Waals surface area (Å²) in [5, 5.41) is 8.34. The standard InChI is InChI=1S/C11H9NO/c1-9-4-5-11(8-13)10(7-9)3-2-6-12/h2-5,7-8H,1H3. The number of hydrogen-bond acceptors (Lipinski definition) is 2. The third kappa shape index (κ3) is 2.28. The maximum Gasteiger partial charge on any atom is 0.150 e. The van der Waals surface area contributed by atoms with Crippen LogP contribution in [0.1, 0.15) is 21.5 Å². The Balaban J connectivity index is 3.17. The molecule has 13 heavy (non-hydrogen) atoms. The first-order valence-corrected chi connectivity index (χ1v) is 3.90. The zero-order valence-corrected chi connectivity index (χ0v) is 7.32. The lowest BCUT2D eigenvalue weighted by Crippen LogP contribution is -1.86. The van der Waals surface area contributed by atoms with E-state index in [1.807, 2.05) is 25.1 Å². The Labute approximate surface area is 77.1 Å². The van der Waals surface area contributed by atoms with Crippen molar-refractivity contribution in [1.82, 2.24) is 0 Å². The smallest absolute Gasteiger partial charge is 0.150 e. The Morgan fingerprint density at radius 2 is 2.15 bits per heavy atom. The molecule has 0 saturated heterocycles. The number of carbonyl (C=O) groups excluding carboxylic acids is 1. The number of allylic oxidation sites excluding steroid dienone is 1. The second-order valence-corrected chi connectivity index (χ2v) is 2.71. The van der Waals surface area contributed by atoms with Crippen molar-refractivity contribution in [2.45, 2.75) is 6.92 Å². The molecule has 2 nitrogen and oxygen atoms in total. The Bertz CT molecular complexity index is 386. The SMILES string of the molecule is Cc1ccc(C=O)c(C=CC#N)c1. The topological polar surface area (TPSA) is 40.9 Å². The van der Waals surface area contributed by atoms with E-state index >= 15 is 0 Å². The van der Waals surface area contributed by atoms with Crippen LogP contribution in [0.15, 0.2) is 24.3 Å². The number of rotatable bonds is 2. The van der Waals surface area contributed by atoms with E-state index in [0.717, 1.165) is 17.4 Å². The van der Waals surface area contributed by atoms with E-state index in [0.29, 0.717) is 5.56 Å². The molecule has 1 aromatic rings. The molecule has 2 heteroatoms. The van der Waals surface area contributed by atoms with Crippen LogP contribution in [0.4, 0.5) is 0 Å². The average Bonchev–Trinajstić information content (AvgIpc) is 2.15. The molecule has 0 saturated carbocycles. The highest BCUT2D eigenvalue weighted by Crippen LogP contribution is 2.11. The Morgan fingerprint density at radius 3 is 2.77 bits per heavy atom. The maximum atomic E-state index is 10.6. The van der Waals surface area contributed by atoms with Gasteiger partial charge in [0.15, 0.2) is 6.29 Å². The molecule has 0 spiro atoms. The van der Waals surface area contributed by atoms with Crippen molar-refractivity contribution in [3.63, 3.8) is 0 Å². The van der Waals surface area contributed by atoms with Crippen molar-refractivity contribution in [2.24, 2.45) is 0 Å². The lowest BCUT2D eigenvalue weighted by molar-refractivity contribution is 0.112. The molecular formula is C11H9NO. The molecule has 1 aromatic carbocycles. The van der Waals surface area contributed by atoms with E-state index in [-0.39, 0.29) is 0 Å². The first-order valence-electron chi connectivity index (χ1n) is 3.90. The van der Waals surface area contributed by atoms with E-state index in [1.54, 1.807) is 12.1 Å². The molecule has 0 aliphatic carbocycles. The minimum atomic E-state index is 0.608. The second kappa shape index (κ2) is 4.22. The number of benzene rings is 1. The van der Waals surface area contributed by atoms with Crippen LogP contribution in [0, 0.1) is 18.3 Å². The second-order valence-electron chi connectivity index (χ2n) is 2.71. The average molecular weight is 171 g/mol. The maximum absolute atomic E-state index is 10.6. The van der Waals surface area contributed by atoms with Crippen LogP contribution in [-0.4, -0.2) is 6.29 Å². The summed E-state index contributed by atoms with van der Waals surface area (Å²) in [5.74, 6) is 0. The van der Waals surface area contributed by atoms with Gasteiger partial charge in [0.1, 0.15) is 0 Å². The fraction of sp³-hybridized carbons (Fsp3) is 0.0909. The summed E-state index contributed by atoms with van der Waals surface area (Å²) in [4.78, 5) is 10.6. The summed E-state index contributed by atoms with van der Waals surface area (Å²) in [5.41, 5.74) is 2.47. The van der Waals surface area contributed by atoms with Crippen molar-refractivity contribution >= 4 is 12.4 Å². The number of aldehydes is 1. The monoisotopic (exact) mass is 171 g/mol. The van der Waals surface area contributed by atoms with Gasteiger partial charge in [-0.3, -0.25) is 4.79 Å². The molecule has 0 unspecified atom stereocenters. The van der Waals surface area contributed by atoms with Crippen LogP contribution in [0.5, 0.6) is 0 Å². The van der Waals surface area contributed by atoms with E-state index in [2.05, 4.69) is 0 Å². The Hall–Kier alpha value is -1.88. The van der Waals surface area contributed by atoms with Crippen molar-refractivity contribution < 1.29 is 4.79 Å². The third-order valence-electron chi connectivity index (χ3n) is 1.71. The number of nitriles is 1. The molecule has 0 amide bonds. The molecule has 0 aliphatic heterocycles. The summed E-state index contributed by atoms with van der Waals surface area (Å²) >= 11 is 0. The van der Waals surface area contributed by atoms with E-state index in [9.17, 15) is 4.79 Å². The first-order chi connectivity index (χ1) is 6.27. The van der Waals surface area contributed by atoms with Gasteiger partial charge in [0.05, 0.1) is 6.07 Å². The predicted molar refractivity (Wildman–Crippen MR) is 51.2 cm³/mol. The van der Waals surface area contributed by atoms with Crippen LogP contribution in [-0.2, 0) is 0 Å². The van der Waals surface area contributed by atoms with Gasteiger partial charge in [0.25, 0.3) is 0 Å². The zero-order valence-electron chi connectivity index (χ0n) is 7.32. The zero-order chi connectivity index (χ0) is 9.68. The molecule has 0 atom stereocenters. The van der Waals surface area contributed by atoms with Crippen molar-refractivity contribution in [3.8, 4) is 6.07 Å². The number of carbonyl (C=O) groups is 1. The summed E-state index contributed by atoms with van der Waals surface area (Å²) in [6.45, 7) is 1.94. The summed E-state index contributed by atoms with van der Waals surface area (Å²) < 4.78 is 0. The molecule has 0 heterocycles. The van der Waals surface area contributed by atoms with Gasteiger partial charge in [0, 0.05) is 11.6 Å². The fourth-order valence-electron chi connectivity index (χ4n) is 1.07. The molecule has 0 aromatic heterocycles. The molecule has 0 radical (unpaired) electrons. The predicted octanol–water partition coefficient (Wildman–Crippen LogP) is 2.34. The molecule has 0 bridgehead atoms. The van der Waals surface area contributed by atoms with Crippen LogP contribution in [0.25, 0.3) is 6.08 Å². The minimum absolute atomic E-state index is 0.608. The summed E-state index contributed by atoms with van der Waals surface area (Å²) in [6, 6.07) is 7.38. The van der Waals surface area contributed by atoms with Gasteiger partial charge in [-0.05, 0) is 18.6 Å². The van der Waals surface area contributed by atoms with Gasteiger partial charge < -0.3 is 0 Å². The lowest BCUT2D eigenvalue weighted by atomic mass is 10.1. The van der Waals surface area contributed by atoms with Crippen LogP contribution < -0.4 is 0 Å². The van der Waals surface area contributed by atoms with Gasteiger partial charge in [-0.1, -0.05) is 23.8 Å². The number of hydrogen-bond donors (Lipinski definition) is 0. The van der Waals surface area contributed by atoms with E-state index in [1.165, 1.54) is 6.08 Å². The van der Waals surface area contributed by atoms with Crippen LogP contribution >= 0.6 is 0 Å². The number of aryl methyl sites for hydroxylation is 1. The van der Waals surface area contributed by atoms with Gasteiger partial charge in [-0.2, -0.15) is 5.26 Å². The highest BCUT2D eigenvalue weighted by Gasteiger charge is 1.97. The van der Waals surface area contributed by atoms with Crippen molar-refractivity contribution in [3.05, 3.63) is 41.0 Å². The molecule has 0 N–H and O–H groups in total. The van der Waals surface area contributed by atoms with Crippen molar-refractivity contribution in [2.75, 3.05) is 0 Å². The summed E-state index contributed by atoms with van der Waals surface area (Å²) in [7, 11) is 0. The largest absolute Gasteiger partial charge is 0.298 e. The lowest BCUT2D eigenvalue weighted by Gasteiger charge is -1.99. The Kier molecular flexibility index (Phi) is 2.99. The summed E-state index contributed by atoms with van der Waals surface area (Å²) in [6.07, 6.45) is 3.79. The first kappa shape index (κ1) is 9.21. The van der Waals surface area contributed by atoms with Crippen LogP contribution in [0.3, 0.4) is 0 Å². The molecule has 1 rings (SSSR count). The molecule has 0 aliphatic rings. The highest BCUT2D eigenvalue weighted by molar-refractivity contribution is 5.82. The quantitative estimate of drug-likeness (QED) is 0.506. The van der Waals surface area contributed by atoms with Gasteiger partial charge in [0.2, 0.25) is 0 Å². The van der Waals surface area contributed by atoms with Crippen LogP contribution in [0.2, 0.25) is 0 Å². The van der Waals surface area contributed by atoms with E-state index in [4.69, 9.17) is 5.26 Å². The minimum Gasteiger partial charge on any atom is -0.298 e. The van der Waals surface area contributed by atoms with Crippen molar-refractivity contribution in [1.29, 1.82) is 5.26 Å². The highest BCUT2D eigenvalue weighted by atomic mass is 16.1. The fourth-order valence-corrected chi connectivity index (χ4v) is 1.07.